The normalized spacial score (nSPS) is 10.6. The van der Waals surface area contributed by atoms with Gasteiger partial charge >= 0.3 is 0 Å². The zero-order valence-corrected chi connectivity index (χ0v) is 14.9. The molecule has 0 amide bonds. The lowest BCUT2D eigenvalue weighted by Crippen LogP contribution is -2.03. The second-order valence-corrected chi connectivity index (χ2v) is 6.94. The number of nitrogen functional groups attached to an aromatic ring is 1. The van der Waals surface area contributed by atoms with Gasteiger partial charge in [-0.05, 0) is 49.7 Å². The molecule has 0 atom stereocenters. The highest BCUT2D eigenvalue weighted by Crippen LogP contribution is 2.34. The molecule has 0 radical (unpaired) electrons. The Kier molecular flexibility index (Phi) is 4.92. The smallest absolute Gasteiger partial charge is 0.158 e. The van der Waals surface area contributed by atoms with E-state index in [1.54, 1.807) is 0 Å². The molecule has 1 aromatic heterocycles. The molecule has 24 heavy (non-hydrogen) atoms. The quantitative estimate of drug-likeness (QED) is 0.627. The van der Waals surface area contributed by atoms with Crippen LogP contribution >= 0.6 is 23.4 Å². The summed E-state index contributed by atoms with van der Waals surface area (Å²) in [6, 6.07) is 13.8. The molecule has 6 heteroatoms. The first-order chi connectivity index (χ1) is 11.5. The van der Waals surface area contributed by atoms with Gasteiger partial charge in [-0.2, -0.15) is 0 Å². The Bertz CT molecular complexity index is 865. The van der Waals surface area contributed by atoms with Crippen molar-refractivity contribution in [3.8, 4) is 0 Å². The lowest BCUT2D eigenvalue weighted by molar-refractivity contribution is 1.06. The van der Waals surface area contributed by atoms with Gasteiger partial charge in [-0.3, -0.25) is 0 Å². The molecule has 4 nitrogen and oxygen atoms in total. The average molecular weight is 357 g/mol. The van der Waals surface area contributed by atoms with E-state index in [1.165, 1.54) is 23.7 Å². The van der Waals surface area contributed by atoms with E-state index in [4.69, 9.17) is 17.3 Å². The van der Waals surface area contributed by atoms with Crippen LogP contribution in [-0.4, -0.2) is 9.97 Å². The fourth-order valence-corrected chi connectivity index (χ4v) is 3.18. The molecule has 0 aliphatic heterocycles. The van der Waals surface area contributed by atoms with E-state index in [-0.39, 0.29) is 0 Å². The summed E-state index contributed by atoms with van der Waals surface area (Å²) in [6.07, 6.45) is 1.51. The van der Waals surface area contributed by atoms with Gasteiger partial charge in [0.2, 0.25) is 0 Å². The summed E-state index contributed by atoms with van der Waals surface area (Å²) in [5, 5.41) is 4.70. The Morgan fingerprint density at radius 3 is 2.50 bits per heavy atom. The minimum atomic E-state index is 0.525. The molecule has 2 aromatic carbocycles. The molecule has 0 saturated carbocycles. The zero-order valence-electron chi connectivity index (χ0n) is 13.4. The van der Waals surface area contributed by atoms with Crippen molar-refractivity contribution < 1.29 is 0 Å². The fourth-order valence-electron chi connectivity index (χ4n) is 2.26. The minimum absolute atomic E-state index is 0.525. The van der Waals surface area contributed by atoms with E-state index >= 15 is 0 Å². The predicted molar refractivity (Wildman–Crippen MR) is 101 cm³/mol. The van der Waals surface area contributed by atoms with Crippen LogP contribution in [0.1, 0.15) is 11.1 Å². The predicted octanol–water partition coefficient (Wildman–Crippen LogP) is 5.22. The van der Waals surface area contributed by atoms with Crippen molar-refractivity contribution in [3.63, 3.8) is 0 Å². The van der Waals surface area contributed by atoms with Gasteiger partial charge in [-0.15, -0.1) is 0 Å². The van der Waals surface area contributed by atoms with Gasteiger partial charge in [0.25, 0.3) is 0 Å². The highest BCUT2D eigenvalue weighted by Gasteiger charge is 2.11. The SMILES string of the molecule is Cc1ccc(Nc2ncnc(Sc3ccc(Cl)cc3)c2N)c(C)c1. The van der Waals surface area contributed by atoms with Crippen molar-refractivity contribution in [1.82, 2.24) is 9.97 Å². The van der Waals surface area contributed by atoms with Crippen molar-refractivity contribution in [3.05, 3.63) is 64.9 Å². The van der Waals surface area contributed by atoms with E-state index in [1.807, 2.05) is 30.3 Å². The number of nitrogens with one attached hydrogen (secondary N) is 1. The highest BCUT2D eigenvalue weighted by atomic mass is 35.5. The third kappa shape index (κ3) is 3.80. The number of halogens is 1. The Hall–Kier alpha value is -2.24. The molecule has 0 fully saturated rings. The van der Waals surface area contributed by atoms with Gasteiger partial charge in [0, 0.05) is 15.6 Å². The molecular weight excluding hydrogens is 340 g/mol. The maximum absolute atomic E-state index is 6.25. The topological polar surface area (TPSA) is 63.8 Å². The van der Waals surface area contributed by atoms with Crippen LogP contribution in [0.2, 0.25) is 5.02 Å². The van der Waals surface area contributed by atoms with Gasteiger partial charge in [0.1, 0.15) is 17.0 Å². The summed E-state index contributed by atoms with van der Waals surface area (Å²) >= 11 is 7.40. The molecule has 0 saturated heterocycles. The fraction of sp³-hybridized carbons (Fsp3) is 0.111. The highest BCUT2D eigenvalue weighted by molar-refractivity contribution is 7.99. The summed E-state index contributed by atoms with van der Waals surface area (Å²) in [5.41, 5.74) is 10.1. The van der Waals surface area contributed by atoms with Gasteiger partial charge in [0.15, 0.2) is 5.82 Å². The van der Waals surface area contributed by atoms with Crippen LogP contribution in [0.4, 0.5) is 17.2 Å². The third-order valence-electron chi connectivity index (χ3n) is 3.51. The Morgan fingerprint density at radius 2 is 1.79 bits per heavy atom. The second kappa shape index (κ2) is 7.11. The van der Waals surface area contributed by atoms with Gasteiger partial charge in [0.05, 0.1) is 0 Å². The number of rotatable bonds is 4. The van der Waals surface area contributed by atoms with E-state index < -0.39 is 0 Å². The number of anilines is 3. The lowest BCUT2D eigenvalue weighted by atomic mass is 10.1. The molecule has 0 unspecified atom stereocenters. The number of hydrogen-bond acceptors (Lipinski definition) is 5. The Morgan fingerprint density at radius 1 is 1.04 bits per heavy atom. The van der Waals surface area contributed by atoms with Crippen molar-refractivity contribution in [2.45, 2.75) is 23.8 Å². The van der Waals surface area contributed by atoms with Crippen LogP contribution in [-0.2, 0) is 0 Å². The Labute approximate surface area is 150 Å². The first kappa shape index (κ1) is 16.6. The molecule has 3 N–H and O–H groups in total. The summed E-state index contributed by atoms with van der Waals surface area (Å²) in [5.74, 6) is 0.605. The van der Waals surface area contributed by atoms with Crippen molar-refractivity contribution >= 4 is 40.6 Å². The first-order valence-corrected chi connectivity index (χ1v) is 8.60. The van der Waals surface area contributed by atoms with E-state index in [0.717, 1.165) is 16.1 Å². The van der Waals surface area contributed by atoms with Crippen molar-refractivity contribution in [1.29, 1.82) is 0 Å². The minimum Gasteiger partial charge on any atom is -0.394 e. The molecule has 0 aliphatic rings. The number of aromatic nitrogens is 2. The van der Waals surface area contributed by atoms with Crippen molar-refractivity contribution in [2.24, 2.45) is 0 Å². The Balaban J connectivity index is 1.86. The molecule has 3 aromatic rings. The van der Waals surface area contributed by atoms with Crippen LogP contribution in [0.3, 0.4) is 0 Å². The van der Waals surface area contributed by atoms with Gasteiger partial charge in [-0.1, -0.05) is 41.1 Å². The number of nitrogens with two attached hydrogens (primary N) is 1. The summed E-state index contributed by atoms with van der Waals surface area (Å²) in [7, 11) is 0. The van der Waals surface area contributed by atoms with E-state index in [2.05, 4.69) is 41.3 Å². The molecule has 1 heterocycles. The number of aryl methyl sites for hydroxylation is 2. The van der Waals surface area contributed by atoms with Crippen LogP contribution in [0.5, 0.6) is 0 Å². The number of nitrogens with zero attached hydrogens (tertiary/aromatic N) is 2. The molecular formula is C18H17ClN4S. The first-order valence-electron chi connectivity index (χ1n) is 7.41. The molecule has 0 bridgehead atoms. The monoisotopic (exact) mass is 356 g/mol. The summed E-state index contributed by atoms with van der Waals surface area (Å²) < 4.78 is 0. The van der Waals surface area contributed by atoms with E-state index in [0.29, 0.717) is 21.6 Å². The van der Waals surface area contributed by atoms with Crippen LogP contribution in [0.15, 0.2) is 58.7 Å². The molecule has 0 spiro atoms. The molecule has 3 rings (SSSR count). The third-order valence-corrected chi connectivity index (χ3v) is 4.79. The number of benzene rings is 2. The molecule has 0 aliphatic carbocycles. The van der Waals surface area contributed by atoms with Crippen molar-refractivity contribution in [2.75, 3.05) is 11.1 Å². The van der Waals surface area contributed by atoms with E-state index in [9.17, 15) is 0 Å². The average Bonchev–Trinajstić information content (AvgIpc) is 2.55. The number of hydrogen-bond donors (Lipinski definition) is 2. The maximum atomic E-state index is 6.25. The summed E-state index contributed by atoms with van der Waals surface area (Å²) in [6.45, 7) is 4.12. The van der Waals surface area contributed by atoms with Crippen LogP contribution in [0, 0.1) is 13.8 Å². The van der Waals surface area contributed by atoms with Crippen LogP contribution in [0.25, 0.3) is 0 Å². The largest absolute Gasteiger partial charge is 0.394 e. The lowest BCUT2D eigenvalue weighted by Gasteiger charge is -2.13. The maximum Gasteiger partial charge on any atom is 0.158 e. The van der Waals surface area contributed by atoms with Crippen LogP contribution < -0.4 is 11.1 Å². The van der Waals surface area contributed by atoms with Gasteiger partial charge in [-0.25, -0.2) is 9.97 Å². The van der Waals surface area contributed by atoms with Gasteiger partial charge < -0.3 is 11.1 Å². The molecule has 122 valence electrons. The summed E-state index contributed by atoms with van der Waals surface area (Å²) in [4.78, 5) is 9.58. The second-order valence-electron chi connectivity index (χ2n) is 5.44. The zero-order chi connectivity index (χ0) is 17.1. The standard InChI is InChI=1S/C18H17ClN4S/c1-11-3-8-15(12(2)9-11)23-17-16(20)18(22-10-21-17)24-14-6-4-13(19)5-7-14/h3-10H,20H2,1-2H3,(H,21,22,23).